The quantitative estimate of drug-likeness (QED) is 0.743. The highest BCUT2D eigenvalue weighted by atomic mass is 32.1. The summed E-state index contributed by atoms with van der Waals surface area (Å²) in [6.07, 6.45) is 1.22. The van der Waals surface area contributed by atoms with Crippen molar-refractivity contribution in [2.24, 2.45) is 5.92 Å². The number of Topliss-reactive ketones (excluding diaryl/α,β-unsaturated/α-hetero) is 1. The minimum atomic E-state index is -0.928. The lowest BCUT2D eigenvalue weighted by Gasteiger charge is -2.08. The minimum Gasteiger partial charge on any atom is -0.491 e. The van der Waals surface area contributed by atoms with Crippen LogP contribution in [0.2, 0.25) is 0 Å². The molecule has 0 aliphatic heterocycles. The predicted molar refractivity (Wildman–Crippen MR) is 87.7 cm³/mol. The van der Waals surface area contributed by atoms with E-state index < -0.39 is 11.9 Å². The molecule has 1 atom stereocenters. The fraction of sp³-hybridized carbons (Fsp3) is 0.438. The normalized spacial score (nSPS) is 12.1. The van der Waals surface area contributed by atoms with Crippen molar-refractivity contribution in [3.8, 4) is 11.6 Å². The van der Waals surface area contributed by atoms with Crippen LogP contribution in [0.15, 0.2) is 12.1 Å². The Morgan fingerprint density at radius 1 is 1.30 bits per heavy atom. The van der Waals surface area contributed by atoms with Crippen LogP contribution in [0.4, 0.5) is 0 Å². The Morgan fingerprint density at radius 2 is 2.04 bits per heavy atom. The number of pyridine rings is 1. The molecule has 7 heteroatoms. The van der Waals surface area contributed by atoms with Crippen molar-refractivity contribution in [3.05, 3.63) is 17.0 Å². The van der Waals surface area contributed by atoms with Gasteiger partial charge in [0.25, 0.3) is 5.88 Å². The summed E-state index contributed by atoms with van der Waals surface area (Å²) in [6.45, 7) is 1.91. The molecule has 0 saturated carbocycles. The van der Waals surface area contributed by atoms with Crippen molar-refractivity contribution in [1.29, 1.82) is 0 Å². The molecule has 0 aliphatic carbocycles. The van der Waals surface area contributed by atoms with Gasteiger partial charge in [0.1, 0.15) is 0 Å². The Bertz CT molecular complexity index is 684. The van der Waals surface area contributed by atoms with Gasteiger partial charge in [-0.15, -0.1) is 11.3 Å². The Hall–Kier alpha value is -2.15. The number of hydrogen-bond acceptors (Lipinski definition) is 6. The van der Waals surface area contributed by atoms with Crippen LogP contribution in [0.1, 0.15) is 35.9 Å². The summed E-state index contributed by atoms with van der Waals surface area (Å²) in [4.78, 5) is 28.4. The number of rotatable bonds is 8. The van der Waals surface area contributed by atoms with E-state index in [1.54, 1.807) is 12.1 Å². The second-order valence-electron chi connectivity index (χ2n) is 5.15. The fourth-order valence-corrected chi connectivity index (χ4v) is 3.33. The van der Waals surface area contributed by atoms with Crippen LogP contribution < -0.4 is 9.47 Å². The van der Waals surface area contributed by atoms with E-state index in [1.807, 2.05) is 6.92 Å². The van der Waals surface area contributed by atoms with E-state index in [-0.39, 0.29) is 12.2 Å². The van der Waals surface area contributed by atoms with Crippen LogP contribution in [-0.4, -0.2) is 36.1 Å². The summed E-state index contributed by atoms with van der Waals surface area (Å²) < 4.78 is 11.1. The molecule has 2 aromatic rings. The molecule has 2 aromatic heterocycles. The van der Waals surface area contributed by atoms with Gasteiger partial charge in [-0.1, -0.05) is 13.3 Å². The number of methoxy groups -OCH3 is 2. The molecule has 1 N–H and O–H groups in total. The van der Waals surface area contributed by atoms with Gasteiger partial charge in [-0.3, -0.25) is 9.59 Å². The third kappa shape index (κ3) is 3.79. The van der Waals surface area contributed by atoms with Gasteiger partial charge in [0.15, 0.2) is 11.5 Å². The van der Waals surface area contributed by atoms with E-state index >= 15 is 0 Å². The maximum Gasteiger partial charge on any atom is 0.306 e. The molecule has 0 aromatic carbocycles. The molecule has 0 amide bonds. The number of carbonyl (C=O) groups is 2. The van der Waals surface area contributed by atoms with E-state index in [1.165, 1.54) is 25.6 Å². The number of ketones is 1. The highest BCUT2D eigenvalue weighted by molar-refractivity contribution is 7.20. The number of carbonyl (C=O) groups excluding carboxylic acids is 1. The van der Waals surface area contributed by atoms with E-state index in [9.17, 15) is 14.7 Å². The maximum absolute atomic E-state index is 12.4. The van der Waals surface area contributed by atoms with Crippen molar-refractivity contribution < 1.29 is 24.2 Å². The third-order valence-corrected chi connectivity index (χ3v) is 4.65. The lowest BCUT2D eigenvalue weighted by molar-refractivity contribution is -0.141. The fourth-order valence-electron chi connectivity index (χ4n) is 2.35. The van der Waals surface area contributed by atoms with Gasteiger partial charge >= 0.3 is 5.97 Å². The van der Waals surface area contributed by atoms with Gasteiger partial charge in [0.05, 0.1) is 35.2 Å². The summed E-state index contributed by atoms with van der Waals surface area (Å²) in [6, 6.07) is 3.44. The molecule has 0 radical (unpaired) electrons. The molecule has 0 saturated heterocycles. The third-order valence-electron chi connectivity index (χ3n) is 3.54. The first kappa shape index (κ1) is 17.2. The molecule has 2 rings (SSSR count). The zero-order chi connectivity index (χ0) is 17.0. The number of carboxylic acids is 1. The summed E-state index contributed by atoms with van der Waals surface area (Å²) in [5.41, 5.74) is 0.637. The zero-order valence-electron chi connectivity index (χ0n) is 13.3. The van der Waals surface area contributed by atoms with Crippen molar-refractivity contribution in [2.75, 3.05) is 14.2 Å². The molecular weight excluding hydrogens is 318 g/mol. The van der Waals surface area contributed by atoms with Crippen molar-refractivity contribution in [3.63, 3.8) is 0 Å². The molecule has 0 fully saturated rings. The predicted octanol–water partition coefficient (Wildman–Crippen LogP) is 3.39. The number of aromatic nitrogens is 1. The standard InChI is InChI=1S/C16H19NO5S/c1-4-5-9(16(19)20)6-11(18)14-7-10-13(23-14)8-12(21-2)15(17-10)22-3/h7-9H,4-6H2,1-3H3,(H,19,20)/t9-/m1/s1. The van der Waals surface area contributed by atoms with E-state index in [0.29, 0.717) is 28.4 Å². The van der Waals surface area contributed by atoms with Gasteiger partial charge in [-0.2, -0.15) is 0 Å². The molecule has 124 valence electrons. The largest absolute Gasteiger partial charge is 0.491 e. The first-order valence-electron chi connectivity index (χ1n) is 7.28. The van der Waals surface area contributed by atoms with Gasteiger partial charge in [0.2, 0.25) is 0 Å². The number of nitrogens with zero attached hydrogens (tertiary/aromatic N) is 1. The average molecular weight is 337 g/mol. The van der Waals surface area contributed by atoms with Gasteiger partial charge < -0.3 is 14.6 Å². The molecular formula is C16H19NO5S. The smallest absolute Gasteiger partial charge is 0.306 e. The van der Waals surface area contributed by atoms with Crippen LogP contribution >= 0.6 is 11.3 Å². The Morgan fingerprint density at radius 3 is 2.61 bits per heavy atom. The van der Waals surface area contributed by atoms with Gasteiger partial charge in [-0.05, 0) is 12.5 Å². The Balaban J connectivity index is 2.29. The van der Waals surface area contributed by atoms with Crippen LogP contribution in [-0.2, 0) is 4.79 Å². The summed E-state index contributed by atoms with van der Waals surface area (Å²) >= 11 is 1.29. The first-order valence-corrected chi connectivity index (χ1v) is 8.10. The molecule has 0 spiro atoms. The number of carboxylic acid groups (broad SMARTS) is 1. The molecule has 0 aliphatic rings. The average Bonchev–Trinajstić information content (AvgIpc) is 2.95. The topological polar surface area (TPSA) is 85.7 Å². The lowest BCUT2D eigenvalue weighted by Crippen LogP contribution is -2.17. The molecule has 6 nitrogen and oxygen atoms in total. The van der Waals surface area contributed by atoms with E-state index in [4.69, 9.17) is 9.47 Å². The number of aliphatic carboxylic acids is 1. The number of ether oxygens (including phenoxy) is 2. The number of hydrogen-bond donors (Lipinski definition) is 1. The number of thiophene rings is 1. The van der Waals surface area contributed by atoms with E-state index in [0.717, 1.165) is 11.1 Å². The highest BCUT2D eigenvalue weighted by Crippen LogP contribution is 2.34. The van der Waals surface area contributed by atoms with Crippen LogP contribution in [0.25, 0.3) is 10.2 Å². The van der Waals surface area contributed by atoms with Crippen molar-refractivity contribution in [2.45, 2.75) is 26.2 Å². The molecule has 2 heterocycles. The summed E-state index contributed by atoms with van der Waals surface area (Å²) in [5, 5.41) is 9.18. The molecule has 0 unspecified atom stereocenters. The Labute approximate surface area is 138 Å². The second-order valence-corrected chi connectivity index (χ2v) is 6.23. The summed E-state index contributed by atoms with van der Waals surface area (Å²) in [7, 11) is 3.02. The molecule has 23 heavy (non-hydrogen) atoms. The van der Waals surface area contributed by atoms with Crippen molar-refractivity contribution in [1.82, 2.24) is 4.98 Å². The SMILES string of the molecule is CCC[C@H](CC(=O)c1cc2nc(OC)c(OC)cc2s1)C(=O)O. The van der Waals surface area contributed by atoms with Crippen LogP contribution in [0.3, 0.4) is 0 Å². The van der Waals surface area contributed by atoms with Crippen LogP contribution in [0, 0.1) is 5.92 Å². The maximum atomic E-state index is 12.4. The van der Waals surface area contributed by atoms with E-state index in [2.05, 4.69) is 4.98 Å². The highest BCUT2D eigenvalue weighted by Gasteiger charge is 2.23. The monoisotopic (exact) mass is 337 g/mol. The van der Waals surface area contributed by atoms with Crippen molar-refractivity contribution >= 4 is 33.3 Å². The zero-order valence-corrected chi connectivity index (χ0v) is 14.1. The molecule has 0 bridgehead atoms. The first-order chi connectivity index (χ1) is 11.0. The van der Waals surface area contributed by atoms with Gasteiger partial charge in [0, 0.05) is 12.5 Å². The second kappa shape index (κ2) is 7.41. The van der Waals surface area contributed by atoms with Crippen LogP contribution in [0.5, 0.6) is 11.6 Å². The lowest BCUT2D eigenvalue weighted by atomic mass is 9.97. The minimum absolute atomic E-state index is 0.00423. The van der Waals surface area contributed by atoms with Gasteiger partial charge in [-0.25, -0.2) is 4.98 Å². The number of fused-ring (bicyclic) bond motifs is 1. The Kier molecular flexibility index (Phi) is 5.54. The summed E-state index contributed by atoms with van der Waals surface area (Å²) in [5.74, 6) is -0.897.